The lowest BCUT2D eigenvalue weighted by Gasteiger charge is -2.17. The third-order valence-electron chi connectivity index (χ3n) is 5.85. The zero-order chi connectivity index (χ0) is 25.8. The van der Waals surface area contributed by atoms with Crippen molar-refractivity contribution in [2.75, 3.05) is 23.4 Å². The number of carbonyl (C=O) groups excluding carboxylic acids is 4. The van der Waals surface area contributed by atoms with Crippen molar-refractivity contribution in [3.8, 4) is 0 Å². The first-order valence-corrected chi connectivity index (χ1v) is 12.3. The van der Waals surface area contributed by atoms with Crippen molar-refractivity contribution in [2.45, 2.75) is 13.3 Å². The number of hydrogen-bond donors (Lipinski definition) is 1. The van der Waals surface area contributed by atoms with Crippen LogP contribution >= 0.6 is 27.5 Å². The van der Waals surface area contributed by atoms with E-state index in [1.165, 1.54) is 12.1 Å². The van der Waals surface area contributed by atoms with Gasteiger partial charge in [-0.05, 0) is 61.0 Å². The summed E-state index contributed by atoms with van der Waals surface area (Å²) in [6.07, 6.45) is 0.0914. The van der Waals surface area contributed by atoms with E-state index in [1.54, 1.807) is 47.4 Å². The lowest BCUT2D eigenvalue weighted by atomic mass is 10.1. The molecule has 0 spiro atoms. The first-order chi connectivity index (χ1) is 17.2. The Morgan fingerprint density at radius 3 is 2.36 bits per heavy atom. The highest BCUT2D eigenvalue weighted by Crippen LogP contribution is 2.29. The molecule has 0 radical (unpaired) electrons. The van der Waals surface area contributed by atoms with Crippen LogP contribution in [0.1, 0.15) is 32.7 Å². The number of ether oxygens (including phenoxy) is 1. The minimum absolute atomic E-state index is 0.0914. The van der Waals surface area contributed by atoms with Gasteiger partial charge in [-0.25, -0.2) is 4.79 Å². The second-order valence-electron chi connectivity index (χ2n) is 8.41. The molecule has 3 aromatic rings. The predicted molar refractivity (Wildman–Crippen MR) is 140 cm³/mol. The molecular weight excluding hydrogens is 548 g/mol. The number of rotatable bonds is 7. The molecule has 0 bridgehead atoms. The minimum atomic E-state index is -0.646. The summed E-state index contributed by atoms with van der Waals surface area (Å²) in [5.74, 6) is -1.92. The van der Waals surface area contributed by atoms with E-state index in [9.17, 15) is 19.2 Å². The van der Waals surface area contributed by atoms with Crippen LogP contribution in [-0.2, 0) is 14.3 Å². The maximum absolute atomic E-state index is 12.8. The molecule has 3 aromatic carbocycles. The summed E-state index contributed by atoms with van der Waals surface area (Å²) in [6, 6.07) is 18.3. The van der Waals surface area contributed by atoms with Crippen LogP contribution < -0.4 is 10.2 Å². The molecule has 0 saturated carbocycles. The first kappa shape index (κ1) is 25.6. The molecule has 184 valence electrons. The highest BCUT2D eigenvalue weighted by molar-refractivity contribution is 9.10. The van der Waals surface area contributed by atoms with Crippen LogP contribution in [-0.4, -0.2) is 36.7 Å². The molecule has 1 aliphatic rings. The molecule has 1 aliphatic heterocycles. The summed E-state index contributed by atoms with van der Waals surface area (Å²) in [5, 5.41) is 3.35. The Bertz CT molecular complexity index is 1320. The van der Waals surface area contributed by atoms with Crippen molar-refractivity contribution >= 4 is 62.5 Å². The number of Topliss-reactive ketones (excluding diaryl/α,β-unsaturated/α-hetero) is 1. The molecule has 1 N–H and O–H groups in total. The second-order valence-corrected chi connectivity index (χ2v) is 9.73. The van der Waals surface area contributed by atoms with Crippen molar-refractivity contribution in [2.24, 2.45) is 5.92 Å². The monoisotopic (exact) mass is 568 g/mol. The van der Waals surface area contributed by atoms with E-state index in [4.69, 9.17) is 16.3 Å². The third-order valence-corrected chi connectivity index (χ3v) is 6.79. The van der Waals surface area contributed by atoms with Crippen LogP contribution in [0.25, 0.3) is 0 Å². The normalized spacial score (nSPS) is 15.0. The van der Waals surface area contributed by atoms with Crippen molar-refractivity contribution in [3.05, 3.63) is 92.9 Å². The standard InChI is InChI=1S/C27H22BrClN2O5/c1-16-2-11-22(13-23(16)29)31-14-19(12-25(31)33)26(34)30-21-9-5-18(6-10-21)27(35)36-15-24(32)17-3-7-20(28)8-4-17/h2-11,13,19H,12,14-15H2,1H3,(H,30,34)/t19-/m0/s1. The van der Waals surface area contributed by atoms with E-state index in [0.717, 1.165) is 10.0 Å². The number of anilines is 2. The largest absolute Gasteiger partial charge is 0.454 e. The molecule has 9 heteroatoms. The Hall–Kier alpha value is -3.49. The first-order valence-electron chi connectivity index (χ1n) is 11.1. The van der Waals surface area contributed by atoms with E-state index >= 15 is 0 Å². The average molecular weight is 570 g/mol. The van der Waals surface area contributed by atoms with E-state index in [-0.39, 0.29) is 42.7 Å². The zero-order valence-corrected chi connectivity index (χ0v) is 21.6. The van der Waals surface area contributed by atoms with Gasteiger partial charge in [-0.1, -0.05) is 45.7 Å². The third kappa shape index (κ3) is 6.01. The number of nitrogens with one attached hydrogen (secondary N) is 1. The Kier molecular flexibility index (Phi) is 7.86. The lowest BCUT2D eigenvalue weighted by Crippen LogP contribution is -2.28. The lowest BCUT2D eigenvalue weighted by molar-refractivity contribution is -0.122. The van der Waals surface area contributed by atoms with E-state index in [0.29, 0.717) is 22.0 Å². The SMILES string of the molecule is Cc1ccc(N2C[C@@H](C(=O)Nc3ccc(C(=O)OCC(=O)c4ccc(Br)cc4)cc3)CC2=O)cc1Cl. The van der Waals surface area contributed by atoms with Crippen LogP contribution in [0.3, 0.4) is 0 Å². The molecule has 36 heavy (non-hydrogen) atoms. The zero-order valence-electron chi connectivity index (χ0n) is 19.3. The summed E-state index contributed by atoms with van der Waals surface area (Å²) in [7, 11) is 0. The highest BCUT2D eigenvalue weighted by Gasteiger charge is 2.35. The van der Waals surface area contributed by atoms with E-state index in [2.05, 4.69) is 21.2 Å². The number of benzene rings is 3. The number of amides is 2. The molecular formula is C27H22BrClN2O5. The quantitative estimate of drug-likeness (QED) is 0.302. The highest BCUT2D eigenvalue weighted by atomic mass is 79.9. The van der Waals surface area contributed by atoms with Gasteiger partial charge in [-0.2, -0.15) is 0 Å². The van der Waals surface area contributed by atoms with Gasteiger partial charge in [-0.3, -0.25) is 14.4 Å². The van der Waals surface area contributed by atoms with Gasteiger partial charge in [0.15, 0.2) is 12.4 Å². The van der Waals surface area contributed by atoms with Gasteiger partial charge in [0.1, 0.15) is 0 Å². The van der Waals surface area contributed by atoms with Crippen LogP contribution in [0.2, 0.25) is 5.02 Å². The van der Waals surface area contributed by atoms with Gasteiger partial charge in [-0.15, -0.1) is 0 Å². The van der Waals surface area contributed by atoms with Crippen molar-refractivity contribution in [1.82, 2.24) is 0 Å². The molecule has 0 unspecified atom stereocenters. The van der Waals surface area contributed by atoms with Gasteiger partial charge < -0.3 is 15.0 Å². The summed E-state index contributed by atoms with van der Waals surface area (Å²) in [5.41, 5.74) is 2.73. The van der Waals surface area contributed by atoms with E-state index < -0.39 is 11.9 Å². The summed E-state index contributed by atoms with van der Waals surface area (Å²) < 4.78 is 5.96. The molecule has 0 aromatic heterocycles. The Morgan fingerprint density at radius 2 is 1.69 bits per heavy atom. The average Bonchev–Trinajstić information content (AvgIpc) is 3.26. The minimum Gasteiger partial charge on any atom is -0.454 e. The maximum atomic E-state index is 12.8. The van der Waals surface area contributed by atoms with Gasteiger partial charge in [0.05, 0.1) is 11.5 Å². The van der Waals surface area contributed by atoms with Crippen LogP contribution in [0.15, 0.2) is 71.2 Å². The number of nitrogens with zero attached hydrogens (tertiary/aromatic N) is 1. The molecule has 7 nitrogen and oxygen atoms in total. The molecule has 1 fully saturated rings. The van der Waals surface area contributed by atoms with Crippen LogP contribution in [0.4, 0.5) is 11.4 Å². The summed E-state index contributed by atoms with van der Waals surface area (Å²) in [6.45, 7) is 1.75. The van der Waals surface area contributed by atoms with Crippen molar-refractivity contribution in [3.63, 3.8) is 0 Å². The number of halogens is 2. The van der Waals surface area contributed by atoms with Gasteiger partial charge in [0.2, 0.25) is 11.8 Å². The number of ketones is 1. The number of carbonyl (C=O) groups is 4. The second kappa shape index (κ2) is 11.1. The predicted octanol–water partition coefficient (Wildman–Crippen LogP) is 5.44. The molecule has 1 heterocycles. The van der Waals surface area contributed by atoms with Crippen LogP contribution in [0.5, 0.6) is 0 Å². The fourth-order valence-electron chi connectivity index (χ4n) is 3.75. The molecule has 1 atom stereocenters. The summed E-state index contributed by atoms with van der Waals surface area (Å²) in [4.78, 5) is 51.3. The number of hydrogen-bond acceptors (Lipinski definition) is 5. The molecule has 2 amide bonds. The molecule has 1 saturated heterocycles. The van der Waals surface area contributed by atoms with Gasteiger partial charge in [0, 0.05) is 39.4 Å². The van der Waals surface area contributed by atoms with Crippen LogP contribution in [0, 0.1) is 12.8 Å². The Morgan fingerprint density at radius 1 is 1.03 bits per heavy atom. The fraction of sp³-hybridized carbons (Fsp3) is 0.185. The van der Waals surface area contributed by atoms with Crippen molar-refractivity contribution in [1.29, 1.82) is 0 Å². The fourth-order valence-corrected chi connectivity index (χ4v) is 4.19. The summed E-state index contributed by atoms with van der Waals surface area (Å²) >= 11 is 9.48. The van der Waals surface area contributed by atoms with Gasteiger partial charge in [0.25, 0.3) is 0 Å². The Balaban J connectivity index is 1.31. The number of aryl methyl sites for hydroxylation is 1. The Labute approximate surface area is 221 Å². The smallest absolute Gasteiger partial charge is 0.338 e. The van der Waals surface area contributed by atoms with E-state index in [1.807, 2.05) is 19.1 Å². The molecule has 0 aliphatic carbocycles. The molecule has 4 rings (SSSR count). The van der Waals surface area contributed by atoms with Crippen molar-refractivity contribution < 1.29 is 23.9 Å². The maximum Gasteiger partial charge on any atom is 0.338 e. The topological polar surface area (TPSA) is 92.8 Å². The number of esters is 1. The van der Waals surface area contributed by atoms with Gasteiger partial charge >= 0.3 is 5.97 Å².